The predicted molar refractivity (Wildman–Crippen MR) is 85.9 cm³/mol. The number of hydrogen-bond acceptors (Lipinski definition) is 2. The molecule has 2 aromatic rings. The van der Waals surface area contributed by atoms with Crippen molar-refractivity contribution >= 4 is 33.3 Å². The molecule has 21 heavy (non-hydrogen) atoms. The first-order valence-corrected chi connectivity index (χ1v) is 7.57. The molecular weight excluding hydrogens is 330 g/mol. The molecule has 1 aliphatic heterocycles. The third-order valence-electron chi connectivity index (χ3n) is 3.64. The number of carbonyl (C=O) groups excluding carboxylic acids is 2. The molecule has 2 aromatic carbocycles. The molecule has 0 N–H and O–H groups in total. The van der Waals surface area contributed by atoms with Crippen LogP contribution in [0.1, 0.15) is 32.7 Å². The molecule has 0 bridgehead atoms. The lowest BCUT2D eigenvalue weighted by atomic mass is 9.97. The predicted octanol–water partition coefficient (Wildman–Crippen LogP) is 3.99. The van der Waals surface area contributed by atoms with Crippen molar-refractivity contribution in [2.75, 3.05) is 11.4 Å². The van der Waals surface area contributed by atoms with E-state index in [1.165, 1.54) is 0 Å². The molecule has 0 saturated carbocycles. The smallest absolute Gasteiger partial charge is 0.258 e. The van der Waals surface area contributed by atoms with Gasteiger partial charge in [-0.05, 0) is 43.3 Å². The van der Waals surface area contributed by atoms with E-state index in [1.807, 2.05) is 37.3 Å². The van der Waals surface area contributed by atoms with Gasteiger partial charge in [-0.3, -0.25) is 9.59 Å². The molecule has 0 unspecified atom stereocenters. The van der Waals surface area contributed by atoms with Crippen LogP contribution in [0.5, 0.6) is 0 Å². The van der Waals surface area contributed by atoms with Gasteiger partial charge in [0.2, 0.25) is 0 Å². The lowest BCUT2D eigenvalue weighted by Crippen LogP contribution is -2.37. The molecule has 1 aliphatic rings. The molecule has 0 saturated heterocycles. The van der Waals surface area contributed by atoms with Crippen molar-refractivity contribution in [1.29, 1.82) is 0 Å². The Bertz CT molecular complexity index is 722. The number of fused-ring (bicyclic) bond motifs is 1. The number of Topliss-reactive ketones (excluding diaryl/α,β-unsaturated/α-hetero) is 1. The first-order chi connectivity index (χ1) is 10.1. The van der Waals surface area contributed by atoms with Crippen LogP contribution in [0.25, 0.3) is 0 Å². The zero-order valence-electron chi connectivity index (χ0n) is 11.6. The van der Waals surface area contributed by atoms with Crippen LogP contribution in [-0.2, 0) is 0 Å². The van der Waals surface area contributed by atoms with Crippen LogP contribution < -0.4 is 4.90 Å². The van der Waals surface area contributed by atoms with Gasteiger partial charge in [0.05, 0.1) is 5.69 Å². The quantitative estimate of drug-likeness (QED) is 0.784. The second-order valence-electron chi connectivity index (χ2n) is 5.16. The third-order valence-corrected chi connectivity index (χ3v) is 4.17. The number of hydrogen-bond donors (Lipinski definition) is 0. The Labute approximate surface area is 131 Å². The number of carbonyl (C=O) groups is 2. The van der Waals surface area contributed by atoms with E-state index in [4.69, 9.17) is 0 Å². The summed E-state index contributed by atoms with van der Waals surface area (Å²) in [4.78, 5) is 26.4. The maximum atomic E-state index is 12.7. The second-order valence-corrected chi connectivity index (χ2v) is 6.07. The summed E-state index contributed by atoms with van der Waals surface area (Å²) in [5.74, 6) is 0.0358. The molecule has 4 heteroatoms. The maximum Gasteiger partial charge on any atom is 0.258 e. The summed E-state index contributed by atoms with van der Waals surface area (Å²) in [5.41, 5.74) is 3.01. The molecule has 0 radical (unpaired) electrons. The van der Waals surface area contributed by atoms with Gasteiger partial charge in [0, 0.05) is 28.6 Å². The van der Waals surface area contributed by atoms with Crippen molar-refractivity contribution in [1.82, 2.24) is 0 Å². The van der Waals surface area contributed by atoms with E-state index in [-0.39, 0.29) is 11.7 Å². The highest BCUT2D eigenvalue weighted by Crippen LogP contribution is 2.29. The first kappa shape index (κ1) is 14.0. The Morgan fingerprint density at radius 1 is 1.14 bits per heavy atom. The van der Waals surface area contributed by atoms with Gasteiger partial charge >= 0.3 is 0 Å². The van der Waals surface area contributed by atoms with E-state index < -0.39 is 0 Å². The number of halogens is 1. The van der Waals surface area contributed by atoms with E-state index >= 15 is 0 Å². The van der Waals surface area contributed by atoms with E-state index in [1.54, 1.807) is 17.0 Å². The average Bonchev–Trinajstić information content (AvgIpc) is 2.48. The van der Waals surface area contributed by atoms with Gasteiger partial charge in [0.15, 0.2) is 5.78 Å². The number of anilines is 1. The van der Waals surface area contributed by atoms with Gasteiger partial charge in [-0.15, -0.1) is 0 Å². The Morgan fingerprint density at radius 3 is 2.57 bits per heavy atom. The van der Waals surface area contributed by atoms with Gasteiger partial charge in [0.25, 0.3) is 5.91 Å². The van der Waals surface area contributed by atoms with Gasteiger partial charge in [0.1, 0.15) is 0 Å². The standard InChI is InChI=1S/C17H14BrNO2/c1-11-2-7-15-14(10-11)16(20)8-9-19(15)17(21)12-3-5-13(18)6-4-12/h2-7,10H,8-9H2,1H3. The van der Waals surface area contributed by atoms with Crippen molar-refractivity contribution in [3.63, 3.8) is 0 Å². The van der Waals surface area contributed by atoms with Crippen molar-refractivity contribution < 1.29 is 9.59 Å². The summed E-state index contributed by atoms with van der Waals surface area (Å²) in [6, 6.07) is 12.9. The van der Waals surface area contributed by atoms with Crippen LogP contribution >= 0.6 is 15.9 Å². The molecule has 0 aromatic heterocycles. The van der Waals surface area contributed by atoms with Crippen LogP contribution in [0.2, 0.25) is 0 Å². The first-order valence-electron chi connectivity index (χ1n) is 6.77. The molecule has 0 atom stereocenters. The molecular formula is C17H14BrNO2. The lowest BCUT2D eigenvalue weighted by molar-refractivity contribution is 0.0955. The van der Waals surface area contributed by atoms with E-state index in [0.717, 1.165) is 10.0 Å². The molecule has 106 valence electrons. The molecule has 1 amide bonds. The fraction of sp³-hybridized carbons (Fsp3) is 0.176. The van der Waals surface area contributed by atoms with E-state index in [0.29, 0.717) is 29.8 Å². The molecule has 0 aliphatic carbocycles. The fourth-order valence-corrected chi connectivity index (χ4v) is 2.80. The Morgan fingerprint density at radius 2 is 1.86 bits per heavy atom. The summed E-state index contributed by atoms with van der Waals surface area (Å²) in [6.45, 7) is 2.38. The van der Waals surface area contributed by atoms with Crippen LogP contribution in [0.15, 0.2) is 46.9 Å². The van der Waals surface area contributed by atoms with E-state index in [2.05, 4.69) is 15.9 Å². The Hall–Kier alpha value is -1.94. The minimum Gasteiger partial charge on any atom is -0.307 e. The molecule has 1 heterocycles. The maximum absolute atomic E-state index is 12.7. The minimum absolute atomic E-state index is 0.0693. The SMILES string of the molecule is Cc1ccc2c(c1)C(=O)CCN2C(=O)c1ccc(Br)cc1. The number of ketones is 1. The number of nitrogens with zero attached hydrogens (tertiary/aromatic N) is 1. The number of amides is 1. The highest BCUT2D eigenvalue weighted by molar-refractivity contribution is 9.10. The second kappa shape index (κ2) is 5.45. The number of benzene rings is 2. The summed E-state index contributed by atoms with van der Waals surface area (Å²) in [6.07, 6.45) is 0.374. The van der Waals surface area contributed by atoms with Crippen LogP contribution in [-0.4, -0.2) is 18.2 Å². The van der Waals surface area contributed by atoms with Crippen LogP contribution in [0.3, 0.4) is 0 Å². The normalized spacial score (nSPS) is 14.0. The topological polar surface area (TPSA) is 37.4 Å². The highest BCUT2D eigenvalue weighted by atomic mass is 79.9. The highest BCUT2D eigenvalue weighted by Gasteiger charge is 2.27. The Balaban J connectivity index is 2.01. The molecule has 3 nitrogen and oxygen atoms in total. The van der Waals surface area contributed by atoms with Gasteiger partial charge < -0.3 is 4.90 Å². The number of rotatable bonds is 1. The zero-order valence-corrected chi connectivity index (χ0v) is 13.2. The molecule has 0 fully saturated rings. The Kier molecular flexibility index (Phi) is 3.64. The van der Waals surface area contributed by atoms with E-state index in [9.17, 15) is 9.59 Å². The zero-order chi connectivity index (χ0) is 15.0. The minimum atomic E-state index is -0.0693. The number of aryl methyl sites for hydroxylation is 1. The summed E-state index contributed by atoms with van der Waals surface area (Å²) < 4.78 is 0.934. The van der Waals surface area contributed by atoms with Crippen molar-refractivity contribution in [2.45, 2.75) is 13.3 Å². The fourth-order valence-electron chi connectivity index (χ4n) is 2.54. The van der Waals surface area contributed by atoms with Crippen LogP contribution in [0.4, 0.5) is 5.69 Å². The van der Waals surface area contributed by atoms with Crippen LogP contribution in [0, 0.1) is 6.92 Å². The molecule has 3 rings (SSSR count). The summed E-state index contributed by atoms with van der Waals surface area (Å²) in [7, 11) is 0. The third kappa shape index (κ3) is 2.63. The van der Waals surface area contributed by atoms with Crippen molar-refractivity contribution in [2.24, 2.45) is 0 Å². The lowest BCUT2D eigenvalue weighted by Gasteiger charge is -2.29. The largest absolute Gasteiger partial charge is 0.307 e. The van der Waals surface area contributed by atoms with Crippen molar-refractivity contribution in [3.05, 3.63) is 63.6 Å². The molecule has 0 spiro atoms. The summed E-state index contributed by atoms with van der Waals surface area (Å²) >= 11 is 3.36. The van der Waals surface area contributed by atoms with Gasteiger partial charge in [-0.25, -0.2) is 0 Å². The van der Waals surface area contributed by atoms with Crippen molar-refractivity contribution in [3.8, 4) is 0 Å². The van der Waals surface area contributed by atoms with Gasteiger partial charge in [-0.1, -0.05) is 27.6 Å². The average molecular weight is 344 g/mol. The summed E-state index contributed by atoms with van der Waals surface area (Å²) in [5, 5.41) is 0. The van der Waals surface area contributed by atoms with Gasteiger partial charge in [-0.2, -0.15) is 0 Å². The monoisotopic (exact) mass is 343 g/mol.